The maximum absolute atomic E-state index is 9.71. The van der Waals surface area contributed by atoms with Gasteiger partial charge in [0.05, 0.1) is 12.8 Å². The molecule has 3 rings (SSSR count). The monoisotopic (exact) mass is 267 g/mol. The van der Waals surface area contributed by atoms with Crippen LogP contribution in [0.5, 0.6) is 5.75 Å². The maximum atomic E-state index is 9.71. The number of phenolic OH excluding ortho intramolecular Hbond substituents is 1. The van der Waals surface area contributed by atoms with Crippen LogP contribution < -0.4 is 0 Å². The summed E-state index contributed by atoms with van der Waals surface area (Å²) in [4.78, 5) is 8.53. The molecule has 0 amide bonds. The van der Waals surface area contributed by atoms with E-state index in [-0.39, 0.29) is 5.75 Å². The zero-order chi connectivity index (χ0) is 13.8. The van der Waals surface area contributed by atoms with E-state index in [9.17, 15) is 5.11 Å². The Labute approximate surface area is 115 Å². The van der Waals surface area contributed by atoms with Gasteiger partial charge in [-0.1, -0.05) is 29.4 Å². The standard InChI is InChI=1S/C15H13N3O2/c19-13-7-2-1-5-11(13)9-15-17-14(18-20-15)10-12-6-3-4-8-16-12/h1-8,19H,9-10H2. The second-order valence-electron chi connectivity index (χ2n) is 4.41. The number of pyridine rings is 1. The number of hydrogen-bond acceptors (Lipinski definition) is 5. The number of nitrogens with zero attached hydrogens (tertiary/aromatic N) is 3. The second-order valence-corrected chi connectivity index (χ2v) is 4.41. The summed E-state index contributed by atoms with van der Waals surface area (Å²) in [5.41, 5.74) is 1.66. The summed E-state index contributed by atoms with van der Waals surface area (Å²) < 4.78 is 5.20. The Morgan fingerprint density at radius 1 is 1.00 bits per heavy atom. The molecule has 2 heterocycles. The Kier molecular flexibility index (Phi) is 3.41. The normalized spacial score (nSPS) is 10.6. The molecule has 0 fully saturated rings. The molecule has 0 aliphatic rings. The zero-order valence-corrected chi connectivity index (χ0v) is 10.7. The van der Waals surface area contributed by atoms with Crippen molar-refractivity contribution in [3.05, 3.63) is 71.6 Å². The molecular weight excluding hydrogens is 254 g/mol. The van der Waals surface area contributed by atoms with Gasteiger partial charge in [0, 0.05) is 17.5 Å². The summed E-state index contributed by atoms with van der Waals surface area (Å²) in [7, 11) is 0. The number of aromatic nitrogens is 3. The van der Waals surface area contributed by atoms with Crippen LogP contribution in [-0.2, 0) is 12.8 Å². The fourth-order valence-corrected chi connectivity index (χ4v) is 1.92. The van der Waals surface area contributed by atoms with Crippen molar-refractivity contribution in [2.24, 2.45) is 0 Å². The molecule has 100 valence electrons. The van der Waals surface area contributed by atoms with Gasteiger partial charge in [-0.3, -0.25) is 4.98 Å². The summed E-state index contributed by atoms with van der Waals surface area (Å²) in [6.45, 7) is 0. The molecule has 1 aromatic carbocycles. The third kappa shape index (κ3) is 2.83. The van der Waals surface area contributed by atoms with E-state index in [2.05, 4.69) is 15.1 Å². The van der Waals surface area contributed by atoms with Crippen LogP contribution in [0.1, 0.15) is 23.0 Å². The van der Waals surface area contributed by atoms with E-state index in [0.717, 1.165) is 11.3 Å². The molecule has 5 nitrogen and oxygen atoms in total. The highest BCUT2D eigenvalue weighted by Gasteiger charge is 2.10. The molecule has 0 unspecified atom stereocenters. The summed E-state index contributed by atoms with van der Waals surface area (Å²) in [6, 6.07) is 12.8. The van der Waals surface area contributed by atoms with Crippen molar-refractivity contribution in [1.82, 2.24) is 15.1 Å². The lowest BCUT2D eigenvalue weighted by Crippen LogP contribution is -1.94. The Balaban J connectivity index is 1.73. The van der Waals surface area contributed by atoms with Crippen molar-refractivity contribution in [2.45, 2.75) is 12.8 Å². The van der Waals surface area contributed by atoms with Crippen LogP contribution in [0.15, 0.2) is 53.2 Å². The first-order valence-corrected chi connectivity index (χ1v) is 6.29. The highest BCUT2D eigenvalue weighted by Crippen LogP contribution is 2.19. The highest BCUT2D eigenvalue weighted by atomic mass is 16.5. The van der Waals surface area contributed by atoms with Crippen LogP contribution in [-0.4, -0.2) is 20.2 Å². The first-order chi connectivity index (χ1) is 9.81. The maximum Gasteiger partial charge on any atom is 0.231 e. The van der Waals surface area contributed by atoms with E-state index in [0.29, 0.717) is 24.6 Å². The molecule has 3 aromatic rings. The van der Waals surface area contributed by atoms with E-state index < -0.39 is 0 Å². The van der Waals surface area contributed by atoms with Gasteiger partial charge < -0.3 is 9.63 Å². The van der Waals surface area contributed by atoms with Gasteiger partial charge >= 0.3 is 0 Å². The largest absolute Gasteiger partial charge is 0.508 e. The molecule has 0 aliphatic carbocycles. The highest BCUT2D eigenvalue weighted by molar-refractivity contribution is 5.33. The van der Waals surface area contributed by atoms with Gasteiger partial charge in [-0.25, -0.2) is 0 Å². The van der Waals surface area contributed by atoms with Crippen molar-refractivity contribution in [3.8, 4) is 5.75 Å². The molecule has 0 radical (unpaired) electrons. The van der Waals surface area contributed by atoms with Crippen LogP contribution in [0.3, 0.4) is 0 Å². The fourth-order valence-electron chi connectivity index (χ4n) is 1.92. The molecule has 0 spiro atoms. The lowest BCUT2D eigenvalue weighted by molar-refractivity contribution is 0.378. The van der Waals surface area contributed by atoms with Gasteiger partial charge in [-0.2, -0.15) is 4.98 Å². The minimum atomic E-state index is 0.233. The molecule has 0 aliphatic heterocycles. The number of hydrogen-bond donors (Lipinski definition) is 1. The fraction of sp³-hybridized carbons (Fsp3) is 0.133. The summed E-state index contributed by atoms with van der Waals surface area (Å²) >= 11 is 0. The van der Waals surface area contributed by atoms with Crippen LogP contribution in [0.4, 0.5) is 0 Å². The van der Waals surface area contributed by atoms with E-state index in [1.165, 1.54) is 0 Å². The first-order valence-electron chi connectivity index (χ1n) is 6.29. The third-order valence-corrected chi connectivity index (χ3v) is 2.91. The van der Waals surface area contributed by atoms with Crippen LogP contribution in [0, 0.1) is 0 Å². The molecule has 0 saturated heterocycles. The first kappa shape index (κ1) is 12.3. The van der Waals surface area contributed by atoms with Gasteiger partial charge in [0.2, 0.25) is 5.89 Å². The molecule has 0 atom stereocenters. The number of phenols is 1. The van der Waals surface area contributed by atoms with Gasteiger partial charge in [-0.05, 0) is 18.2 Å². The van der Waals surface area contributed by atoms with Crippen molar-refractivity contribution in [3.63, 3.8) is 0 Å². The molecule has 0 bridgehead atoms. The third-order valence-electron chi connectivity index (χ3n) is 2.91. The number of para-hydroxylation sites is 1. The second kappa shape index (κ2) is 5.52. The van der Waals surface area contributed by atoms with Crippen molar-refractivity contribution in [2.75, 3.05) is 0 Å². The lowest BCUT2D eigenvalue weighted by atomic mass is 10.1. The Morgan fingerprint density at radius 2 is 1.85 bits per heavy atom. The van der Waals surface area contributed by atoms with Gasteiger partial charge in [-0.15, -0.1) is 0 Å². The van der Waals surface area contributed by atoms with Crippen LogP contribution in [0.2, 0.25) is 0 Å². The minimum absolute atomic E-state index is 0.233. The van der Waals surface area contributed by atoms with E-state index >= 15 is 0 Å². The quantitative estimate of drug-likeness (QED) is 0.785. The lowest BCUT2D eigenvalue weighted by Gasteiger charge is -1.99. The van der Waals surface area contributed by atoms with E-state index in [1.807, 2.05) is 30.3 Å². The topological polar surface area (TPSA) is 72.0 Å². The van der Waals surface area contributed by atoms with Gasteiger partial charge in [0.25, 0.3) is 0 Å². The Morgan fingerprint density at radius 3 is 2.65 bits per heavy atom. The van der Waals surface area contributed by atoms with Gasteiger partial charge in [0.15, 0.2) is 5.82 Å². The molecular formula is C15H13N3O2. The van der Waals surface area contributed by atoms with Crippen molar-refractivity contribution >= 4 is 0 Å². The van der Waals surface area contributed by atoms with Crippen LogP contribution in [0.25, 0.3) is 0 Å². The van der Waals surface area contributed by atoms with Crippen LogP contribution >= 0.6 is 0 Å². The molecule has 5 heteroatoms. The minimum Gasteiger partial charge on any atom is -0.508 e. The molecule has 1 N–H and O–H groups in total. The zero-order valence-electron chi connectivity index (χ0n) is 10.7. The predicted molar refractivity (Wildman–Crippen MR) is 72.3 cm³/mol. The van der Waals surface area contributed by atoms with Gasteiger partial charge in [0.1, 0.15) is 5.75 Å². The molecule has 0 saturated carbocycles. The van der Waals surface area contributed by atoms with E-state index in [4.69, 9.17) is 4.52 Å². The van der Waals surface area contributed by atoms with Crippen molar-refractivity contribution < 1.29 is 9.63 Å². The smallest absolute Gasteiger partial charge is 0.231 e. The number of benzene rings is 1. The Bertz CT molecular complexity index is 695. The predicted octanol–water partition coefficient (Wildman–Crippen LogP) is 2.35. The molecule has 2 aromatic heterocycles. The number of aromatic hydroxyl groups is 1. The van der Waals surface area contributed by atoms with Crippen molar-refractivity contribution in [1.29, 1.82) is 0 Å². The SMILES string of the molecule is Oc1ccccc1Cc1nc(Cc2ccccn2)no1. The summed E-state index contributed by atoms with van der Waals surface area (Å²) in [5, 5.41) is 13.6. The number of rotatable bonds is 4. The average Bonchev–Trinajstić information content (AvgIpc) is 2.90. The summed E-state index contributed by atoms with van der Waals surface area (Å²) in [6.07, 6.45) is 2.69. The van der Waals surface area contributed by atoms with E-state index in [1.54, 1.807) is 18.3 Å². The Hall–Kier alpha value is -2.69. The summed E-state index contributed by atoms with van der Waals surface area (Å²) in [5.74, 6) is 1.31. The molecule has 20 heavy (non-hydrogen) atoms. The average molecular weight is 267 g/mol.